The summed E-state index contributed by atoms with van der Waals surface area (Å²) in [6, 6.07) is 17.5. The zero-order valence-corrected chi connectivity index (χ0v) is 34.7. The smallest absolute Gasteiger partial charge is 0.296 e. The number of carbonyl (C=O) groups is 2. The van der Waals surface area contributed by atoms with E-state index in [4.69, 9.17) is 37.9 Å². The summed E-state index contributed by atoms with van der Waals surface area (Å²) in [5.41, 5.74) is 7.76. The number of aliphatic imine (C=N–C) groups is 1. The number of amides is 2. The molecule has 1 saturated carbocycles. The first-order valence-electron chi connectivity index (χ1n) is 19.6. The summed E-state index contributed by atoms with van der Waals surface area (Å²) in [5.74, 6) is 1.14. The monoisotopic (exact) mass is 836 g/mol. The first-order valence-corrected chi connectivity index (χ1v) is 21.2. The minimum Gasteiger partial charge on any atom is -0.461 e. The van der Waals surface area contributed by atoms with Gasteiger partial charge in [0.05, 0.1) is 28.4 Å². The third-order valence-electron chi connectivity index (χ3n) is 11.3. The number of thiophene rings is 1. The van der Waals surface area contributed by atoms with E-state index in [0.717, 1.165) is 62.8 Å². The van der Waals surface area contributed by atoms with Gasteiger partial charge in [-0.05, 0) is 75.9 Å². The number of imidazole rings is 1. The molecule has 2 aromatic carbocycles. The lowest BCUT2D eigenvalue weighted by molar-refractivity contribution is -0.131. The minimum atomic E-state index is -0.582. The summed E-state index contributed by atoms with van der Waals surface area (Å²) >= 11 is 14.6. The zero-order valence-electron chi connectivity index (χ0n) is 32.4. The number of halogens is 2. The van der Waals surface area contributed by atoms with Crippen LogP contribution >= 0.6 is 34.5 Å². The van der Waals surface area contributed by atoms with Crippen molar-refractivity contribution >= 4 is 68.9 Å². The Labute approximate surface area is 349 Å². The molecule has 2 fully saturated rings. The second-order valence-electron chi connectivity index (χ2n) is 15.0. The van der Waals surface area contributed by atoms with Crippen LogP contribution in [0.15, 0.2) is 59.6 Å². The Kier molecular flexibility index (Phi) is 10.4. The maximum absolute atomic E-state index is 13.5. The SMILES string of the molecule is Cc1sc2c(c1C)C(c1ccc(Cl)cc1)=N[C@@H](CC(=O)NCCC(=O)N1CCN(c3ccc(-c4nc5nc(OC6CCC6)[nH]c5cc4Cl)cc3)CC1)c1nnc(C)n1-2. The van der Waals surface area contributed by atoms with Crippen molar-refractivity contribution in [2.45, 2.75) is 65.0 Å². The van der Waals surface area contributed by atoms with E-state index in [1.807, 2.05) is 58.9 Å². The van der Waals surface area contributed by atoms with Gasteiger partial charge >= 0.3 is 0 Å². The van der Waals surface area contributed by atoms with E-state index < -0.39 is 6.04 Å². The van der Waals surface area contributed by atoms with Crippen molar-refractivity contribution in [3.05, 3.63) is 97.9 Å². The van der Waals surface area contributed by atoms with Crippen LogP contribution in [0.5, 0.6) is 6.01 Å². The molecule has 0 spiro atoms. The predicted octanol–water partition coefficient (Wildman–Crippen LogP) is 7.57. The zero-order chi connectivity index (χ0) is 40.1. The highest BCUT2D eigenvalue weighted by atomic mass is 35.5. The number of anilines is 1. The van der Waals surface area contributed by atoms with E-state index in [2.05, 4.69) is 56.4 Å². The summed E-state index contributed by atoms with van der Waals surface area (Å²) in [7, 11) is 0. The van der Waals surface area contributed by atoms with E-state index in [1.165, 1.54) is 11.3 Å². The van der Waals surface area contributed by atoms with Crippen molar-refractivity contribution in [1.29, 1.82) is 0 Å². The molecule has 6 aromatic rings. The van der Waals surface area contributed by atoms with Gasteiger partial charge in [0, 0.05) is 71.4 Å². The molecule has 1 atom stereocenters. The minimum absolute atomic E-state index is 0.00850. The Hall–Kier alpha value is -5.31. The predicted molar refractivity (Wildman–Crippen MR) is 227 cm³/mol. The molecule has 58 heavy (non-hydrogen) atoms. The average Bonchev–Trinajstić information content (AvgIpc) is 3.85. The van der Waals surface area contributed by atoms with Crippen LogP contribution in [0.3, 0.4) is 0 Å². The molecular weight excluding hydrogens is 796 g/mol. The summed E-state index contributed by atoms with van der Waals surface area (Å²) in [5, 5.41) is 14.0. The van der Waals surface area contributed by atoms with Crippen LogP contribution in [0.1, 0.15) is 71.4 Å². The van der Waals surface area contributed by atoms with E-state index in [0.29, 0.717) is 59.4 Å². The van der Waals surface area contributed by atoms with Gasteiger partial charge in [-0.1, -0.05) is 47.5 Å². The topological polar surface area (TPSA) is 147 Å². The lowest BCUT2D eigenvalue weighted by Gasteiger charge is -2.36. The summed E-state index contributed by atoms with van der Waals surface area (Å²) in [4.78, 5) is 49.7. The number of pyridine rings is 1. The van der Waals surface area contributed by atoms with Gasteiger partial charge in [0.1, 0.15) is 23.0 Å². The molecule has 2 aliphatic heterocycles. The molecule has 0 radical (unpaired) electrons. The second-order valence-corrected chi connectivity index (χ2v) is 17.1. The number of aromatic nitrogens is 6. The highest BCUT2D eigenvalue weighted by Gasteiger charge is 2.33. The normalized spacial score (nSPS) is 16.7. The van der Waals surface area contributed by atoms with Crippen molar-refractivity contribution in [3.8, 4) is 22.3 Å². The van der Waals surface area contributed by atoms with E-state index in [9.17, 15) is 9.59 Å². The number of benzene rings is 2. The van der Waals surface area contributed by atoms with Crippen molar-refractivity contribution < 1.29 is 14.3 Å². The number of rotatable bonds is 10. The number of aryl methyl sites for hydroxylation is 2. The van der Waals surface area contributed by atoms with Gasteiger partial charge in [-0.2, -0.15) is 4.98 Å². The van der Waals surface area contributed by atoms with E-state index >= 15 is 0 Å². The van der Waals surface area contributed by atoms with Crippen molar-refractivity contribution in [2.24, 2.45) is 4.99 Å². The summed E-state index contributed by atoms with van der Waals surface area (Å²) in [6.45, 7) is 8.90. The molecule has 0 bridgehead atoms. The number of aromatic amines is 1. The van der Waals surface area contributed by atoms with Crippen LogP contribution in [-0.4, -0.2) is 91.0 Å². The molecule has 4 aromatic heterocycles. The molecule has 13 nitrogen and oxygen atoms in total. The van der Waals surface area contributed by atoms with Crippen molar-refractivity contribution in [3.63, 3.8) is 0 Å². The highest BCUT2D eigenvalue weighted by molar-refractivity contribution is 7.15. The molecular formula is C42H42Cl2N10O3S. The van der Waals surface area contributed by atoms with Crippen LogP contribution in [-0.2, 0) is 9.59 Å². The third-order valence-corrected chi connectivity index (χ3v) is 13.0. The van der Waals surface area contributed by atoms with E-state index in [-0.39, 0.29) is 37.3 Å². The number of nitrogens with one attached hydrogen (secondary N) is 2. The van der Waals surface area contributed by atoms with Crippen molar-refractivity contribution in [1.82, 2.24) is 39.9 Å². The summed E-state index contributed by atoms with van der Waals surface area (Å²) < 4.78 is 7.94. The molecule has 2 N–H and O–H groups in total. The van der Waals surface area contributed by atoms with Gasteiger partial charge in [0.15, 0.2) is 11.5 Å². The molecule has 298 valence electrons. The quantitative estimate of drug-likeness (QED) is 0.144. The molecule has 16 heteroatoms. The first-order chi connectivity index (χ1) is 28.1. The fourth-order valence-electron chi connectivity index (χ4n) is 7.69. The molecule has 9 rings (SSSR count). The van der Waals surface area contributed by atoms with Gasteiger partial charge in [-0.15, -0.1) is 21.5 Å². The van der Waals surface area contributed by atoms with Crippen molar-refractivity contribution in [2.75, 3.05) is 37.6 Å². The Morgan fingerprint density at radius 1 is 0.948 bits per heavy atom. The van der Waals surface area contributed by atoms with Gasteiger partial charge < -0.3 is 24.8 Å². The number of ether oxygens (including phenoxy) is 1. The average molecular weight is 838 g/mol. The standard InChI is InChI=1S/C42H42Cl2N10O3S/c1-23-24(2)58-41-36(23)38(27-7-11-28(43)12-8-27)46-33(40-51-50-25(3)54(40)41)22-34(55)45-16-15-35(56)53-19-17-52(18-20-53)29-13-9-26(10-14-29)37-31(44)21-32-39(48-37)49-42(47-32)57-30-5-4-6-30/h7-14,21,30,33H,4-6,15-20,22H2,1-3H3,(H,45,55)(H,47,48,49)/t33-/m0/s1. The van der Waals surface area contributed by atoms with Gasteiger partial charge in [0.2, 0.25) is 11.8 Å². The molecule has 0 unspecified atom stereocenters. The molecule has 2 amide bonds. The summed E-state index contributed by atoms with van der Waals surface area (Å²) in [6.07, 6.45) is 3.75. The van der Waals surface area contributed by atoms with Gasteiger partial charge in [-0.3, -0.25) is 19.1 Å². The Balaban J connectivity index is 0.798. The fraction of sp³-hybridized carbons (Fsp3) is 0.357. The lowest BCUT2D eigenvalue weighted by Crippen LogP contribution is -2.49. The maximum atomic E-state index is 13.5. The number of fused-ring (bicyclic) bond motifs is 4. The Morgan fingerprint density at radius 3 is 2.41 bits per heavy atom. The van der Waals surface area contributed by atoms with Crippen LogP contribution < -0.4 is 15.0 Å². The van der Waals surface area contributed by atoms with Crippen LogP contribution in [0.2, 0.25) is 10.0 Å². The number of nitrogens with zero attached hydrogens (tertiary/aromatic N) is 8. The largest absolute Gasteiger partial charge is 0.461 e. The third kappa shape index (κ3) is 7.44. The first kappa shape index (κ1) is 38.2. The second kappa shape index (κ2) is 15.8. The molecule has 1 aliphatic carbocycles. The highest BCUT2D eigenvalue weighted by Crippen LogP contribution is 2.40. The van der Waals surface area contributed by atoms with Crippen LogP contribution in [0.4, 0.5) is 5.69 Å². The van der Waals surface area contributed by atoms with Crippen LogP contribution in [0, 0.1) is 20.8 Å². The number of carbonyl (C=O) groups excluding carboxylic acids is 2. The van der Waals surface area contributed by atoms with Crippen LogP contribution in [0.25, 0.3) is 27.4 Å². The number of H-pyrrole nitrogens is 1. The molecule has 6 heterocycles. The van der Waals surface area contributed by atoms with Gasteiger partial charge in [0.25, 0.3) is 6.01 Å². The Morgan fingerprint density at radius 2 is 1.69 bits per heavy atom. The number of hydrogen-bond donors (Lipinski definition) is 2. The maximum Gasteiger partial charge on any atom is 0.296 e. The number of piperazine rings is 1. The van der Waals surface area contributed by atoms with E-state index in [1.54, 1.807) is 11.3 Å². The molecule has 1 saturated heterocycles. The number of hydrogen-bond acceptors (Lipinski definition) is 10. The van der Waals surface area contributed by atoms with Gasteiger partial charge in [-0.25, -0.2) is 4.98 Å². The molecule has 3 aliphatic rings. The Bertz CT molecular complexity index is 2550. The fourth-order valence-corrected chi connectivity index (χ4v) is 9.29. The lowest BCUT2D eigenvalue weighted by atomic mass is 9.96.